The van der Waals surface area contributed by atoms with Crippen molar-refractivity contribution in [2.24, 2.45) is 0 Å². The molecule has 3 aromatic rings. The van der Waals surface area contributed by atoms with Crippen molar-refractivity contribution < 1.29 is 14.6 Å². The number of nitrogens with zero attached hydrogens (tertiary/aromatic N) is 4. The average molecular weight is 473 g/mol. The number of anilines is 2. The van der Waals surface area contributed by atoms with Gasteiger partial charge >= 0.3 is 0 Å². The summed E-state index contributed by atoms with van der Waals surface area (Å²) < 4.78 is 5.79. The van der Waals surface area contributed by atoms with Crippen molar-refractivity contribution in [1.82, 2.24) is 14.9 Å². The number of carbonyl (C=O) groups is 1. The van der Waals surface area contributed by atoms with Crippen molar-refractivity contribution in [3.05, 3.63) is 71.5 Å². The zero-order chi connectivity index (χ0) is 24.2. The predicted octanol–water partition coefficient (Wildman–Crippen LogP) is 4.19. The van der Waals surface area contributed by atoms with Crippen molar-refractivity contribution in [1.29, 1.82) is 0 Å². The van der Waals surface area contributed by atoms with Crippen LogP contribution < -0.4 is 4.90 Å². The van der Waals surface area contributed by atoms with Crippen molar-refractivity contribution >= 4 is 17.5 Å². The van der Waals surface area contributed by atoms with E-state index in [1.54, 1.807) is 7.05 Å². The number of amides is 1. The number of likely N-dealkylation sites (N-methyl/N-ethyl adjacent to an activating group) is 1. The number of aliphatic hydroxyl groups is 1. The minimum atomic E-state index is -0.121. The van der Waals surface area contributed by atoms with Gasteiger partial charge < -0.3 is 19.6 Å². The molecule has 35 heavy (non-hydrogen) atoms. The number of hydrogen-bond acceptors (Lipinski definition) is 6. The standard InChI is InChI=1S/C28H32N4O3/c1-31(12-13-33)27(34)24-9-8-21-10-15-35-14-3-11-32(26(21)17-24)28-29-18-25(19-30-28)23-5-2-4-22(16-23)20-6-7-20/h2,4-5,8-9,16-20,33H,3,6-7,10-15H2,1H3. The van der Waals surface area contributed by atoms with Crippen LogP contribution in [-0.4, -0.2) is 65.8 Å². The Balaban J connectivity index is 1.47. The van der Waals surface area contributed by atoms with Crippen molar-refractivity contribution in [2.45, 2.75) is 31.6 Å². The number of benzene rings is 2. The van der Waals surface area contributed by atoms with E-state index in [-0.39, 0.29) is 12.5 Å². The van der Waals surface area contributed by atoms with Gasteiger partial charge in [-0.25, -0.2) is 9.97 Å². The fraction of sp³-hybridized carbons (Fsp3) is 0.393. The Morgan fingerprint density at radius 3 is 2.71 bits per heavy atom. The lowest BCUT2D eigenvalue weighted by Crippen LogP contribution is -2.30. The first-order valence-corrected chi connectivity index (χ1v) is 12.4. The summed E-state index contributed by atoms with van der Waals surface area (Å²) in [5, 5.41) is 9.23. The molecule has 2 heterocycles. The Morgan fingerprint density at radius 2 is 1.94 bits per heavy atom. The highest BCUT2D eigenvalue weighted by atomic mass is 16.5. The topological polar surface area (TPSA) is 78.8 Å². The fourth-order valence-corrected chi connectivity index (χ4v) is 4.57. The minimum absolute atomic E-state index is 0.0691. The highest BCUT2D eigenvalue weighted by Gasteiger charge is 2.24. The molecule has 2 aromatic carbocycles. The number of ether oxygens (including phenoxy) is 1. The van der Waals surface area contributed by atoms with Crippen LogP contribution in [0.5, 0.6) is 0 Å². The van der Waals surface area contributed by atoms with Crippen LogP contribution in [0.4, 0.5) is 11.6 Å². The second-order valence-corrected chi connectivity index (χ2v) is 9.33. The van der Waals surface area contributed by atoms with E-state index in [9.17, 15) is 9.90 Å². The molecule has 2 aliphatic rings. The van der Waals surface area contributed by atoms with Gasteiger partial charge in [-0.3, -0.25) is 4.79 Å². The molecule has 1 aliphatic carbocycles. The van der Waals surface area contributed by atoms with E-state index in [4.69, 9.17) is 14.7 Å². The number of carbonyl (C=O) groups excluding carboxylic acids is 1. The van der Waals surface area contributed by atoms with Crippen LogP contribution >= 0.6 is 0 Å². The van der Waals surface area contributed by atoms with Gasteiger partial charge in [0.15, 0.2) is 0 Å². The van der Waals surface area contributed by atoms with E-state index in [2.05, 4.69) is 29.2 Å². The monoisotopic (exact) mass is 472 g/mol. The van der Waals surface area contributed by atoms with E-state index in [1.165, 1.54) is 23.3 Å². The molecule has 1 N–H and O–H groups in total. The zero-order valence-electron chi connectivity index (χ0n) is 20.2. The fourth-order valence-electron chi connectivity index (χ4n) is 4.57. The Kier molecular flexibility index (Phi) is 7.06. The molecule has 1 fully saturated rings. The molecule has 7 nitrogen and oxygen atoms in total. The Morgan fingerprint density at radius 1 is 1.11 bits per heavy atom. The summed E-state index contributed by atoms with van der Waals surface area (Å²) in [4.78, 5) is 26.0. The molecule has 182 valence electrons. The lowest BCUT2D eigenvalue weighted by atomic mass is 10.0. The van der Waals surface area contributed by atoms with E-state index in [0.717, 1.165) is 35.2 Å². The predicted molar refractivity (Wildman–Crippen MR) is 136 cm³/mol. The lowest BCUT2D eigenvalue weighted by molar-refractivity contribution is 0.0767. The molecule has 5 rings (SSSR count). The maximum atomic E-state index is 12.9. The summed E-state index contributed by atoms with van der Waals surface area (Å²) in [6, 6.07) is 14.4. The van der Waals surface area contributed by atoms with E-state index in [1.807, 2.05) is 30.6 Å². The second-order valence-electron chi connectivity index (χ2n) is 9.33. The van der Waals surface area contributed by atoms with Crippen LogP contribution in [0.3, 0.4) is 0 Å². The summed E-state index contributed by atoms with van der Waals surface area (Å²) >= 11 is 0. The first-order valence-electron chi connectivity index (χ1n) is 12.4. The lowest BCUT2D eigenvalue weighted by Gasteiger charge is -2.25. The van der Waals surface area contributed by atoms with Crippen molar-refractivity contribution in [3.63, 3.8) is 0 Å². The number of rotatable bonds is 6. The van der Waals surface area contributed by atoms with Gasteiger partial charge in [-0.15, -0.1) is 0 Å². The normalized spacial score (nSPS) is 16.1. The summed E-state index contributed by atoms with van der Waals surface area (Å²) in [5.74, 6) is 1.19. The number of hydrogen-bond donors (Lipinski definition) is 1. The van der Waals surface area contributed by atoms with Crippen LogP contribution in [0.25, 0.3) is 11.1 Å². The highest BCUT2D eigenvalue weighted by molar-refractivity contribution is 5.95. The maximum absolute atomic E-state index is 12.9. The molecule has 0 atom stereocenters. The third-order valence-corrected chi connectivity index (χ3v) is 6.74. The average Bonchev–Trinajstić information content (AvgIpc) is 3.73. The summed E-state index contributed by atoms with van der Waals surface area (Å²) in [5.41, 5.74) is 6.14. The smallest absolute Gasteiger partial charge is 0.253 e. The SMILES string of the molecule is CN(CCO)C(=O)c1ccc2c(c1)N(c1ncc(-c3cccc(C4CC4)c3)cn1)CCCOCC2. The van der Waals surface area contributed by atoms with Gasteiger partial charge in [0.25, 0.3) is 5.91 Å². The molecule has 1 saturated carbocycles. The molecule has 1 aliphatic heterocycles. The van der Waals surface area contributed by atoms with E-state index >= 15 is 0 Å². The molecule has 1 aromatic heterocycles. The minimum Gasteiger partial charge on any atom is -0.395 e. The molecule has 1 amide bonds. The Hall–Kier alpha value is -3.29. The van der Waals surface area contributed by atoms with Crippen LogP contribution in [-0.2, 0) is 11.2 Å². The first-order chi connectivity index (χ1) is 17.1. The van der Waals surface area contributed by atoms with Gasteiger partial charge in [-0.1, -0.05) is 30.3 Å². The van der Waals surface area contributed by atoms with Gasteiger partial charge in [0, 0.05) is 56.0 Å². The van der Waals surface area contributed by atoms with Gasteiger partial charge in [0.05, 0.1) is 13.2 Å². The molecule has 0 unspecified atom stereocenters. The van der Waals surface area contributed by atoms with E-state index < -0.39 is 0 Å². The molecule has 0 radical (unpaired) electrons. The summed E-state index contributed by atoms with van der Waals surface area (Å²) in [6.45, 7) is 2.21. The Labute approximate surface area is 206 Å². The quantitative estimate of drug-likeness (QED) is 0.580. The molecule has 7 heteroatoms. The van der Waals surface area contributed by atoms with Gasteiger partial charge in [0.1, 0.15) is 0 Å². The van der Waals surface area contributed by atoms with Gasteiger partial charge in [-0.2, -0.15) is 0 Å². The Bertz CT molecular complexity index is 1180. The van der Waals surface area contributed by atoms with Crippen LogP contribution in [0, 0.1) is 0 Å². The third kappa shape index (κ3) is 5.36. The molecule has 0 saturated heterocycles. The van der Waals surface area contributed by atoms with Gasteiger partial charge in [-0.05, 0) is 60.4 Å². The molecular formula is C28H32N4O3. The van der Waals surface area contributed by atoms with Crippen LogP contribution in [0.15, 0.2) is 54.9 Å². The second kappa shape index (κ2) is 10.5. The largest absolute Gasteiger partial charge is 0.395 e. The number of aliphatic hydroxyl groups excluding tert-OH is 1. The molecule has 0 spiro atoms. The maximum Gasteiger partial charge on any atom is 0.253 e. The van der Waals surface area contributed by atoms with Crippen molar-refractivity contribution in [2.75, 3.05) is 44.9 Å². The third-order valence-electron chi connectivity index (χ3n) is 6.74. The zero-order valence-corrected chi connectivity index (χ0v) is 20.2. The molecular weight excluding hydrogens is 440 g/mol. The van der Waals surface area contributed by atoms with Crippen LogP contribution in [0.1, 0.15) is 46.7 Å². The highest BCUT2D eigenvalue weighted by Crippen LogP contribution is 2.41. The summed E-state index contributed by atoms with van der Waals surface area (Å²) in [6.07, 6.45) is 7.91. The number of fused-ring (bicyclic) bond motifs is 1. The molecule has 0 bridgehead atoms. The van der Waals surface area contributed by atoms with Crippen LogP contribution in [0.2, 0.25) is 0 Å². The first kappa shape index (κ1) is 23.5. The van der Waals surface area contributed by atoms with E-state index in [0.29, 0.717) is 43.7 Å². The summed E-state index contributed by atoms with van der Waals surface area (Å²) in [7, 11) is 1.70. The number of aromatic nitrogens is 2. The van der Waals surface area contributed by atoms with Gasteiger partial charge in [0.2, 0.25) is 5.95 Å². The van der Waals surface area contributed by atoms with Crippen molar-refractivity contribution in [3.8, 4) is 11.1 Å².